The van der Waals surface area contributed by atoms with Crippen molar-refractivity contribution in [3.63, 3.8) is 0 Å². The number of likely N-dealkylation sites (N-methyl/N-ethyl adjacent to an activating group) is 2. The quantitative estimate of drug-likeness (QED) is 0.780. The summed E-state index contributed by atoms with van der Waals surface area (Å²) < 4.78 is 42.5. The van der Waals surface area contributed by atoms with Gasteiger partial charge in [0.05, 0.1) is 18.8 Å². The molecule has 3 nitrogen and oxygen atoms in total. The van der Waals surface area contributed by atoms with Crippen molar-refractivity contribution in [2.24, 2.45) is 0 Å². The lowest BCUT2D eigenvalue weighted by Crippen LogP contribution is -2.39. The first-order valence-corrected chi connectivity index (χ1v) is 6.03. The van der Waals surface area contributed by atoms with Gasteiger partial charge < -0.3 is 10.1 Å². The second kappa shape index (κ2) is 6.56. The Kier molecular flexibility index (Phi) is 5.69. The van der Waals surface area contributed by atoms with Gasteiger partial charge in [-0.05, 0) is 26.4 Å². The summed E-state index contributed by atoms with van der Waals surface area (Å²) in [7, 11) is 1.85. The average Bonchev–Trinajstić information content (AvgIpc) is 2.63. The van der Waals surface area contributed by atoms with Crippen LogP contribution in [0.1, 0.15) is 19.8 Å². The summed E-state index contributed by atoms with van der Waals surface area (Å²) in [6.07, 6.45) is -2.26. The number of halogens is 3. The van der Waals surface area contributed by atoms with E-state index < -0.39 is 12.7 Å². The van der Waals surface area contributed by atoms with Crippen molar-refractivity contribution in [2.75, 3.05) is 33.2 Å². The van der Waals surface area contributed by atoms with E-state index in [1.807, 2.05) is 7.05 Å². The summed E-state index contributed by atoms with van der Waals surface area (Å²) in [5.74, 6) is 0. The van der Waals surface area contributed by atoms with Crippen LogP contribution < -0.4 is 5.32 Å². The van der Waals surface area contributed by atoms with E-state index in [0.717, 1.165) is 19.4 Å². The van der Waals surface area contributed by atoms with Crippen LogP contribution in [-0.2, 0) is 4.74 Å². The highest BCUT2D eigenvalue weighted by molar-refractivity contribution is 4.78. The number of rotatable bonds is 6. The minimum atomic E-state index is -4.13. The minimum Gasteiger partial charge on any atom is -0.372 e. The molecule has 0 aromatic carbocycles. The molecule has 1 fully saturated rings. The average molecular weight is 254 g/mol. The maximum atomic E-state index is 12.3. The lowest BCUT2D eigenvalue weighted by Gasteiger charge is -2.25. The third-order valence-electron chi connectivity index (χ3n) is 2.94. The monoisotopic (exact) mass is 254 g/mol. The van der Waals surface area contributed by atoms with E-state index in [1.165, 1.54) is 4.90 Å². The van der Waals surface area contributed by atoms with Gasteiger partial charge in [-0.2, -0.15) is 13.2 Å². The van der Waals surface area contributed by atoms with Crippen molar-refractivity contribution in [3.05, 3.63) is 0 Å². The molecule has 1 aliphatic rings. The van der Waals surface area contributed by atoms with Crippen LogP contribution >= 0.6 is 0 Å². The molecule has 2 atom stereocenters. The molecule has 0 saturated carbocycles. The van der Waals surface area contributed by atoms with Crippen molar-refractivity contribution in [1.29, 1.82) is 0 Å². The first-order chi connectivity index (χ1) is 7.94. The fourth-order valence-corrected chi connectivity index (χ4v) is 2.14. The third kappa shape index (κ3) is 5.70. The maximum absolute atomic E-state index is 12.3. The molecule has 1 saturated heterocycles. The number of alkyl halides is 3. The Morgan fingerprint density at radius 1 is 1.29 bits per heavy atom. The van der Waals surface area contributed by atoms with Crippen LogP contribution in [0, 0.1) is 0 Å². The van der Waals surface area contributed by atoms with E-state index in [1.54, 1.807) is 6.92 Å². The molecule has 0 aromatic heterocycles. The molecule has 0 aliphatic carbocycles. The Morgan fingerprint density at radius 3 is 2.47 bits per heavy atom. The van der Waals surface area contributed by atoms with Gasteiger partial charge in [0.1, 0.15) is 0 Å². The normalized spacial score (nSPS) is 25.8. The van der Waals surface area contributed by atoms with E-state index in [9.17, 15) is 13.2 Å². The zero-order valence-corrected chi connectivity index (χ0v) is 10.4. The molecule has 0 bridgehead atoms. The lowest BCUT2D eigenvalue weighted by molar-refractivity contribution is -0.148. The molecule has 1 aliphatic heterocycles. The van der Waals surface area contributed by atoms with Crippen LogP contribution in [0.25, 0.3) is 0 Å². The topological polar surface area (TPSA) is 24.5 Å². The summed E-state index contributed by atoms with van der Waals surface area (Å²) in [6.45, 7) is 2.43. The Hall–Kier alpha value is -0.330. The third-order valence-corrected chi connectivity index (χ3v) is 2.94. The predicted molar refractivity (Wildman–Crippen MR) is 60.0 cm³/mol. The Bertz CT molecular complexity index is 223. The van der Waals surface area contributed by atoms with Gasteiger partial charge in [-0.15, -0.1) is 0 Å². The molecule has 17 heavy (non-hydrogen) atoms. The Morgan fingerprint density at radius 2 is 1.94 bits per heavy atom. The standard InChI is InChI=1S/C11H21F3N2O/c1-3-16(8-11(12,13)14)7-10-5-4-9(17-10)6-15-2/h9-10,15H,3-8H2,1-2H3. The van der Waals surface area contributed by atoms with Crippen LogP contribution in [0.2, 0.25) is 0 Å². The summed E-state index contributed by atoms with van der Waals surface area (Å²) in [4.78, 5) is 1.40. The summed E-state index contributed by atoms with van der Waals surface area (Å²) in [5, 5.41) is 3.02. The Labute approximate surface area is 100 Å². The lowest BCUT2D eigenvalue weighted by atomic mass is 10.2. The molecule has 1 N–H and O–H groups in total. The van der Waals surface area contributed by atoms with Crippen LogP contribution in [0.4, 0.5) is 13.2 Å². The second-order valence-corrected chi connectivity index (χ2v) is 4.46. The minimum absolute atomic E-state index is 0.0596. The first kappa shape index (κ1) is 14.7. The van der Waals surface area contributed by atoms with E-state index in [-0.39, 0.29) is 12.2 Å². The molecule has 6 heteroatoms. The highest BCUT2D eigenvalue weighted by Gasteiger charge is 2.33. The fraction of sp³-hybridized carbons (Fsp3) is 1.00. The van der Waals surface area contributed by atoms with Gasteiger partial charge >= 0.3 is 6.18 Å². The van der Waals surface area contributed by atoms with Gasteiger partial charge in [-0.25, -0.2) is 0 Å². The SMILES string of the molecule is CCN(CC1CCC(CNC)O1)CC(F)(F)F. The van der Waals surface area contributed by atoms with Crippen LogP contribution in [0.5, 0.6) is 0 Å². The van der Waals surface area contributed by atoms with Crippen LogP contribution in [0.3, 0.4) is 0 Å². The Balaban J connectivity index is 2.32. The summed E-state index contributed by atoms with van der Waals surface area (Å²) >= 11 is 0. The molecule has 1 heterocycles. The highest BCUT2D eigenvalue weighted by atomic mass is 19.4. The highest BCUT2D eigenvalue weighted by Crippen LogP contribution is 2.22. The van der Waals surface area contributed by atoms with Gasteiger partial charge in [0.15, 0.2) is 0 Å². The second-order valence-electron chi connectivity index (χ2n) is 4.46. The fourth-order valence-electron chi connectivity index (χ4n) is 2.14. The molecular formula is C11H21F3N2O. The summed E-state index contributed by atoms with van der Waals surface area (Å²) in [5.41, 5.74) is 0. The largest absolute Gasteiger partial charge is 0.401 e. The molecule has 0 spiro atoms. The van der Waals surface area contributed by atoms with E-state index in [0.29, 0.717) is 13.1 Å². The summed E-state index contributed by atoms with van der Waals surface area (Å²) in [6, 6.07) is 0. The van der Waals surface area contributed by atoms with Crippen molar-refractivity contribution in [2.45, 2.75) is 38.1 Å². The molecule has 0 aromatic rings. The number of hydrogen-bond donors (Lipinski definition) is 1. The van der Waals surface area contributed by atoms with Crippen LogP contribution in [-0.4, -0.2) is 56.5 Å². The molecule has 1 rings (SSSR count). The number of ether oxygens (including phenoxy) is 1. The van der Waals surface area contributed by atoms with Gasteiger partial charge in [-0.1, -0.05) is 6.92 Å². The van der Waals surface area contributed by atoms with Crippen LogP contribution in [0.15, 0.2) is 0 Å². The zero-order valence-electron chi connectivity index (χ0n) is 10.4. The first-order valence-electron chi connectivity index (χ1n) is 6.03. The van der Waals surface area contributed by atoms with Crippen molar-refractivity contribution >= 4 is 0 Å². The van der Waals surface area contributed by atoms with Crippen molar-refractivity contribution in [3.8, 4) is 0 Å². The molecule has 0 amide bonds. The molecule has 2 unspecified atom stereocenters. The smallest absolute Gasteiger partial charge is 0.372 e. The van der Waals surface area contributed by atoms with Crippen molar-refractivity contribution in [1.82, 2.24) is 10.2 Å². The van der Waals surface area contributed by atoms with Crippen molar-refractivity contribution < 1.29 is 17.9 Å². The van der Waals surface area contributed by atoms with Gasteiger partial charge in [0, 0.05) is 13.1 Å². The van der Waals surface area contributed by atoms with Gasteiger partial charge in [0.2, 0.25) is 0 Å². The number of hydrogen-bond acceptors (Lipinski definition) is 3. The molecular weight excluding hydrogens is 233 g/mol. The number of nitrogens with one attached hydrogen (secondary N) is 1. The van der Waals surface area contributed by atoms with E-state index in [4.69, 9.17) is 4.74 Å². The zero-order chi connectivity index (χ0) is 12.9. The molecule has 102 valence electrons. The van der Waals surface area contributed by atoms with E-state index >= 15 is 0 Å². The maximum Gasteiger partial charge on any atom is 0.401 e. The van der Waals surface area contributed by atoms with Gasteiger partial charge in [-0.3, -0.25) is 4.90 Å². The number of nitrogens with zero attached hydrogens (tertiary/aromatic N) is 1. The predicted octanol–water partition coefficient (Wildman–Crippen LogP) is 1.64. The molecule has 0 radical (unpaired) electrons. The van der Waals surface area contributed by atoms with Gasteiger partial charge in [0.25, 0.3) is 0 Å². The van der Waals surface area contributed by atoms with E-state index in [2.05, 4.69) is 5.32 Å².